The van der Waals surface area contributed by atoms with Crippen LogP contribution in [0.3, 0.4) is 0 Å². The number of benzene rings is 1. The van der Waals surface area contributed by atoms with Gasteiger partial charge in [-0.1, -0.05) is 18.0 Å². The van der Waals surface area contributed by atoms with E-state index < -0.39 is 0 Å². The van der Waals surface area contributed by atoms with Crippen molar-refractivity contribution in [2.24, 2.45) is 16.8 Å². The summed E-state index contributed by atoms with van der Waals surface area (Å²) >= 11 is 3.37. The Labute approximate surface area is 109 Å². The van der Waals surface area contributed by atoms with Gasteiger partial charge in [-0.2, -0.15) is 0 Å². The van der Waals surface area contributed by atoms with Gasteiger partial charge in [0.1, 0.15) is 5.75 Å². The Kier molecular flexibility index (Phi) is 3.89. The van der Waals surface area contributed by atoms with E-state index in [9.17, 15) is 0 Å². The van der Waals surface area contributed by atoms with Crippen molar-refractivity contribution in [3.8, 4) is 5.75 Å². The third-order valence-corrected chi connectivity index (χ3v) is 3.47. The lowest BCUT2D eigenvalue weighted by Gasteiger charge is -2.08. The number of hydrogen-bond acceptors (Lipinski definition) is 3. The number of hydrogen-bond donors (Lipinski definition) is 2. The molecule has 17 heavy (non-hydrogen) atoms. The highest BCUT2D eigenvalue weighted by Gasteiger charge is 2.20. The average molecular weight is 299 g/mol. The van der Waals surface area contributed by atoms with Crippen molar-refractivity contribution in [1.29, 1.82) is 0 Å². The van der Waals surface area contributed by atoms with Crippen LogP contribution in [0.2, 0.25) is 0 Å². The summed E-state index contributed by atoms with van der Waals surface area (Å²) in [7, 11) is 0. The molecule has 5 heteroatoms. The Bertz CT molecular complexity index is 431. The van der Waals surface area contributed by atoms with Crippen LogP contribution in [0.5, 0.6) is 5.75 Å². The fraction of sp³-hybridized carbons (Fsp3) is 0.417. The van der Waals surface area contributed by atoms with Crippen LogP contribution < -0.4 is 10.5 Å². The van der Waals surface area contributed by atoms with Gasteiger partial charge in [0.15, 0.2) is 5.84 Å². The van der Waals surface area contributed by atoms with E-state index in [1.165, 1.54) is 12.8 Å². The number of oxime groups is 1. The molecule has 1 aromatic rings. The number of nitrogens with two attached hydrogens (primary N) is 1. The van der Waals surface area contributed by atoms with Crippen LogP contribution in [-0.4, -0.2) is 17.6 Å². The summed E-state index contributed by atoms with van der Waals surface area (Å²) in [4.78, 5) is 0. The summed E-state index contributed by atoms with van der Waals surface area (Å²) in [6.45, 7) is 0.750. The van der Waals surface area contributed by atoms with Gasteiger partial charge in [-0.15, -0.1) is 0 Å². The predicted octanol–water partition coefficient (Wildman–Crippen LogP) is 2.72. The maximum absolute atomic E-state index is 8.60. The zero-order chi connectivity index (χ0) is 12.3. The van der Waals surface area contributed by atoms with Gasteiger partial charge in [0, 0.05) is 10.0 Å². The van der Waals surface area contributed by atoms with E-state index >= 15 is 0 Å². The Morgan fingerprint density at radius 3 is 2.88 bits per heavy atom. The smallest absolute Gasteiger partial charge is 0.171 e. The van der Waals surface area contributed by atoms with E-state index in [-0.39, 0.29) is 5.84 Å². The molecule has 1 aliphatic rings. The molecule has 0 spiro atoms. The van der Waals surface area contributed by atoms with Crippen molar-refractivity contribution in [2.75, 3.05) is 6.61 Å². The monoisotopic (exact) mass is 298 g/mol. The van der Waals surface area contributed by atoms with Crippen LogP contribution in [0.25, 0.3) is 0 Å². The number of halogens is 1. The molecule has 92 valence electrons. The highest BCUT2D eigenvalue weighted by Crippen LogP contribution is 2.32. The van der Waals surface area contributed by atoms with Gasteiger partial charge in [-0.25, -0.2) is 0 Å². The van der Waals surface area contributed by atoms with Gasteiger partial charge in [-0.3, -0.25) is 0 Å². The van der Waals surface area contributed by atoms with Gasteiger partial charge in [0.25, 0.3) is 0 Å². The minimum absolute atomic E-state index is 0.0846. The molecule has 2 rings (SSSR count). The average Bonchev–Trinajstić information content (AvgIpc) is 3.12. The molecule has 1 saturated carbocycles. The van der Waals surface area contributed by atoms with E-state index in [4.69, 9.17) is 15.7 Å². The van der Waals surface area contributed by atoms with Crippen molar-refractivity contribution in [2.45, 2.75) is 19.3 Å². The van der Waals surface area contributed by atoms with E-state index in [1.54, 1.807) is 6.07 Å². The maximum Gasteiger partial charge on any atom is 0.171 e. The van der Waals surface area contributed by atoms with Gasteiger partial charge in [0.05, 0.1) is 6.61 Å². The second-order valence-electron chi connectivity index (χ2n) is 4.21. The third kappa shape index (κ3) is 3.36. The lowest BCUT2D eigenvalue weighted by Crippen LogP contribution is -2.13. The molecule has 0 heterocycles. The molecule has 0 unspecified atom stereocenters. The van der Waals surface area contributed by atoms with E-state index in [0.29, 0.717) is 5.56 Å². The van der Waals surface area contributed by atoms with E-state index in [2.05, 4.69) is 21.1 Å². The molecule has 1 fully saturated rings. The zero-order valence-corrected chi connectivity index (χ0v) is 11.0. The molecule has 4 nitrogen and oxygen atoms in total. The maximum atomic E-state index is 8.60. The Morgan fingerprint density at radius 1 is 1.53 bits per heavy atom. The molecule has 0 aliphatic heterocycles. The van der Waals surface area contributed by atoms with E-state index in [1.807, 2.05) is 12.1 Å². The van der Waals surface area contributed by atoms with Crippen molar-refractivity contribution >= 4 is 21.8 Å². The van der Waals surface area contributed by atoms with Crippen LogP contribution in [0.15, 0.2) is 27.8 Å². The van der Waals surface area contributed by atoms with Crippen molar-refractivity contribution < 1.29 is 9.94 Å². The van der Waals surface area contributed by atoms with Crippen LogP contribution in [-0.2, 0) is 0 Å². The normalized spacial score (nSPS) is 15.9. The van der Waals surface area contributed by atoms with E-state index in [0.717, 1.165) is 29.2 Å². The van der Waals surface area contributed by atoms with Gasteiger partial charge < -0.3 is 15.7 Å². The first kappa shape index (κ1) is 12.2. The van der Waals surface area contributed by atoms with Crippen LogP contribution in [0.4, 0.5) is 0 Å². The predicted molar refractivity (Wildman–Crippen MR) is 69.5 cm³/mol. The lowest BCUT2D eigenvalue weighted by molar-refractivity contribution is 0.302. The molecule has 1 aromatic carbocycles. The minimum atomic E-state index is 0.0846. The second kappa shape index (κ2) is 5.40. The fourth-order valence-corrected chi connectivity index (χ4v) is 2.16. The summed E-state index contributed by atoms with van der Waals surface area (Å²) in [5, 5.41) is 11.6. The zero-order valence-electron chi connectivity index (χ0n) is 9.40. The number of ether oxygens (including phenoxy) is 1. The quantitative estimate of drug-likeness (QED) is 0.380. The minimum Gasteiger partial charge on any atom is -0.494 e. The Morgan fingerprint density at radius 2 is 2.29 bits per heavy atom. The first-order valence-electron chi connectivity index (χ1n) is 5.61. The van der Waals surface area contributed by atoms with Crippen LogP contribution >= 0.6 is 15.9 Å². The number of amidine groups is 1. The van der Waals surface area contributed by atoms with Crippen molar-refractivity contribution in [3.63, 3.8) is 0 Å². The molecule has 0 amide bonds. The van der Waals surface area contributed by atoms with Gasteiger partial charge >= 0.3 is 0 Å². The number of nitrogens with zero attached hydrogens (tertiary/aromatic N) is 1. The molecule has 0 radical (unpaired) electrons. The van der Waals surface area contributed by atoms with Crippen molar-refractivity contribution in [3.05, 3.63) is 28.2 Å². The highest BCUT2D eigenvalue weighted by atomic mass is 79.9. The Hall–Kier alpha value is -1.23. The summed E-state index contributed by atoms with van der Waals surface area (Å²) in [6, 6.07) is 5.43. The first-order chi connectivity index (χ1) is 8.20. The van der Waals surface area contributed by atoms with Crippen LogP contribution in [0, 0.1) is 5.92 Å². The molecule has 0 bridgehead atoms. The molecule has 3 N–H and O–H groups in total. The fourth-order valence-electron chi connectivity index (χ4n) is 1.60. The highest BCUT2D eigenvalue weighted by molar-refractivity contribution is 9.10. The van der Waals surface area contributed by atoms with Gasteiger partial charge in [0.2, 0.25) is 0 Å². The van der Waals surface area contributed by atoms with Crippen LogP contribution in [0.1, 0.15) is 24.8 Å². The molecule has 0 saturated heterocycles. The van der Waals surface area contributed by atoms with Gasteiger partial charge in [-0.05, 0) is 46.5 Å². The molecule has 1 aliphatic carbocycles. The topological polar surface area (TPSA) is 67.8 Å². The molecular weight excluding hydrogens is 284 g/mol. The largest absolute Gasteiger partial charge is 0.494 e. The molecule has 0 aromatic heterocycles. The first-order valence-corrected chi connectivity index (χ1v) is 6.40. The summed E-state index contributed by atoms with van der Waals surface area (Å²) < 4.78 is 6.39. The summed E-state index contributed by atoms with van der Waals surface area (Å²) in [5.41, 5.74) is 6.18. The number of rotatable bonds is 5. The summed E-state index contributed by atoms with van der Waals surface area (Å²) in [6.07, 6.45) is 3.81. The molecule has 0 atom stereocenters. The molecular formula is C12H15BrN2O2. The standard InChI is InChI=1S/C12H15BrN2O2/c13-11-7-9(17-6-5-8-1-2-8)3-4-10(11)12(14)15-16/h3-4,7-8,16H,1-2,5-6H2,(H2,14,15). The van der Waals surface area contributed by atoms with Crippen molar-refractivity contribution in [1.82, 2.24) is 0 Å². The Balaban J connectivity index is 1.97. The SMILES string of the molecule is N/C(=N/O)c1ccc(OCCC2CC2)cc1Br. The second-order valence-corrected chi connectivity index (χ2v) is 5.06. The lowest BCUT2D eigenvalue weighted by atomic mass is 10.2. The third-order valence-electron chi connectivity index (χ3n) is 2.82. The summed E-state index contributed by atoms with van der Waals surface area (Å²) in [5.74, 6) is 1.75.